The van der Waals surface area contributed by atoms with E-state index in [0.29, 0.717) is 39.8 Å². The van der Waals surface area contributed by atoms with E-state index in [-0.39, 0.29) is 5.02 Å². The molecular formula is C14H14Cl3FN4S. The molecule has 0 spiro atoms. The Hall–Kier alpha value is -1.08. The molecule has 2 rings (SSSR count). The smallest absolute Gasteiger partial charge is 0.170 e. The largest absolute Gasteiger partial charge is 0.362 e. The fraction of sp³-hybridized carbons (Fsp3) is 0.286. The van der Waals surface area contributed by atoms with Gasteiger partial charge in [0.2, 0.25) is 0 Å². The number of halogens is 4. The third kappa shape index (κ3) is 4.94. The molecule has 1 heterocycles. The molecule has 1 aromatic carbocycles. The summed E-state index contributed by atoms with van der Waals surface area (Å²) in [7, 11) is 0. The number of benzene rings is 1. The fourth-order valence-electron chi connectivity index (χ4n) is 1.86. The maximum atomic E-state index is 13.1. The maximum absolute atomic E-state index is 13.1. The monoisotopic (exact) mass is 394 g/mol. The van der Waals surface area contributed by atoms with Crippen LogP contribution >= 0.6 is 47.0 Å². The van der Waals surface area contributed by atoms with Gasteiger partial charge in [-0.3, -0.25) is 4.68 Å². The molecule has 0 bridgehead atoms. The number of nitrogens with zero attached hydrogens (tertiary/aromatic N) is 2. The van der Waals surface area contributed by atoms with Gasteiger partial charge < -0.3 is 10.6 Å². The SMILES string of the molecule is Cc1nn(CCCNC(=S)Nc2ccc(F)c(Cl)c2)c(Cl)c1Cl. The van der Waals surface area contributed by atoms with Gasteiger partial charge in [0, 0.05) is 18.8 Å². The quantitative estimate of drug-likeness (QED) is 0.570. The number of aromatic nitrogens is 2. The molecule has 0 radical (unpaired) electrons. The highest BCUT2D eigenvalue weighted by molar-refractivity contribution is 7.80. The molecule has 2 N–H and O–H groups in total. The first kappa shape index (κ1) is 18.3. The molecule has 0 saturated carbocycles. The summed E-state index contributed by atoms with van der Waals surface area (Å²) in [5, 5.41) is 11.6. The zero-order chi connectivity index (χ0) is 17.0. The molecule has 0 aliphatic rings. The minimum Gasteiger partial charge on any atom is -0.362 e. The zero-order valence-electron chi connectivity index (χ0n) is 12.2. The second-order valence-electron chi connectivity index (χ2n) is 4.78. The van der Waals surface area contributed by atoms with Gasteiger partial charge in [0.15, 0.2) is 5.11 Å². The second-order valence-corrected chi connectivity index (χ2v) is 6.33. The van der Waals surface area contributed by atoms with Crippen molar-refractivity contribution in [3.05, 3.63) is 44.9 Å². The van der Waals surface area contributed by atoms with Crippen LogP contribution in [0.15, 0.2) is 18.2 Å². The third-order valence-corrected chi connectivity index (χ3v) is 4.48. The van der Waals surface area contributed by atoms with Crippen molar-refractivity contribution < 1.29 is 4.39 Å². The number of aryl methyl sites for hydroxylation is 2. The van der Waals surface area contributed by atoms with Crippen molar-refractivity contribution in [2.45, 2.75) is 19.9 Å². The first-order chi connectivity index (χ1) is 10.9. The van der Waals surface area contributed by atoms with Crippen LogP contribution in [0.3, 0.4) is 0 Å². The number of anilines is 1. The van der Waals surface area contributed by atoms with Crippen LogP contribution in [-0.2, 0) is 6.54 Å². The van der Waals surface area contributed by atoms with Crippen LogP contribution in [0.4, 0.5) is 10.1 Å². The van der Waals surface area contributed by atoms with Crippen LogP contribution in [-0.4, -0.2) is 21.4 Å². The summed E-state index contributed by atoms with van der Waals surface area (Å²) in [6.07, 6.45) is 0.753. The summed E-state index contributed by atoms with van der Waals surface area (Å²) < 4.78 is 14.7. The van der Waals surface area contributed by atoms with E-state index in [2.05, 4.69) is 15.7 Å². The van der Waals surface area contributed by atoms with E-state index in [1.54, 1.807) is 17.7 Å². The average Bonchev–Trinajstić information content (AvgIpc) is 2.75. The topological polar surface area (TPSA) is 41.9 Å². The van der Waals surface area contributed by atoms with Gasteiger partial charge in [0.05, 0.1) is 10.7 Å². The lowest BCUT2D eigenvalue weighted by molar-refractivity contribution is 0.571. The van der Waals surface area contributed by atoms with Crippen molar-refractivity contribution in [2.75, 3.05) is 11.9 Å². The predicted molar refractivity (Wildman–Crippen MR) is 97.2 cm³/mol. The highest BCUT2D eigenvalue weighted by Gasteiger charge is 2.10. The number of nitrogens with one attached hydrogen (secondary N) is 2. The van der Waals surface area contributed by atoms with Crippen molar-refractivity contribution in [2.24, 2.45) is 0 Å². The highest BCUT2D eigenvalue weighted by atomic mass is 35.5. The summed E-state index contributed by atoms with van der Waals surface area (Å²) in [6, 6.07) is 4.31. The van der Waals surface area contributed by atoms with Gasteiger partial charge in [-0.25, -0.2) is 4.39 Å². The molecule has 0 saturated heterocycles. The minimum absolute atomic E-state index is 0.0402. The van der Waals surface area contributed by atoms with Crippen molar-refractivity contribution in [3.63, 3.8) is 0 Å². The summed E-state index contributed by atoms with van der Waals surface area (Å²) in [5.74, 6) is -0.471. The van der Waals surface area contributed by atoms with Crippen LogP contribution in [0.2, 0.25) is 15.2 Å². The molecule has 23 heavy (non-hydrogen) atoms. The highest BCUT2D eigenvalue weighted by Crippen LogP contribution is 2.24. The molecule has 0 aliphatic heterocycles. The average molecular weight is 396 g/mol. The van der Waals surface area contributed by atoms with Crippen LogP contribution in [0.5, 0.6) is 0 Å². The van der Waals surface area contributed by atoms with Gasteiger partial charge in [-0.05, 0) is 43.8 Å². The molecule has 0 fully saturated rings. The molecule has 0 aliphatic carbocycles. The molecular weight excluding hydrogens is 382 g/mol. The van der Waals surface area contributed by atoms with Crippen molar-refractivity contribution in [1.29, 1.82) is 0 Å². The maximum Gasteiger partial charge on any atom is 0.170 e. The normalized spacial score (nSPS) is 10.7. The fourth-order valence-corrected chi connectivity index (χ4v) is 2.65. The Morgan fingerprint density at radius 3 is 2.70 bits per heavy atom. The van der Waals surface area contributed by atoms with E-state index in [1.165, 1.54) is 12.1 Å². The Kier molecular flexibility index (Phi) is 6.47. The Bertz CT molecular complexity index is 720. The van der Waals surface area contributed by atoms with Gasteiger partial charge in [0.25, 0.3) is 0 Å². The van der Waals surface area contributed by atoms with E-state index in [0.717, 1.165) is 6.42 Å². The lowest BCUT2D eigenvalue weighted by Crippen LogP contribution is -2.29. The van der Waals surface area contributed by atoms with Gasteiger partial charge in [-0.2, -0.15) is 5.10 Å². The molecule has 9 heteroatoms. The second kappa shape index (κ2) is 8.15. The van der Waals surface area contributed by atoms with Crippen molar-refractivity contribution >= 4 is 57.8 Å². The van der Waals surface area contributed by atoms with Gasteiger partial charge in [-0.15, -0.1) is 0 Å². The Morgan fingerprint density at radius 1 is 1.35 bits per heavy atom. The van der Waals surface area contributed by atoms with Crippen LogP contribution in [0.1, 0.15) is 12.1 Å². The summed E-state index contributed by atoms with van der Waals surface area (Å²) in [5.41, 5.74) is 1.32. The third-order valence-electron chi connectivity index (χ3n) is 3.01. The molecule has 0 atom stereocenters. The predicted octanol–water partition coefficient (Wildman–Crippen LogP) is 4.67. The first-order valence-electron chi connectivity index (χ1n) is 6.77. The van der Waals surface area contributed by atoms with Crippen molar-refractivity contribution in [1.82, 2.24) is 15.1 Å². The van der Waals surface area contributed by atoms with Crippen LogP contribution in [0.25, 0.3) is 0 Å². The lowest BCUT2D eigenvalue weighted by atomic mass is 10.3. The number of hydrogen-bond acceptors (Lipinski definition) is 2. The number of thiocarbonyl (C=S) groups is 1. The Labute approximate surface area is 153 Å². The van der Waals surface area contributed by atoms with E-state index in [9.17, 15) is 4.39 Å². The minimum atomic E-state index is -0.471. The van der Waals surface area contributed by atoms with Crippen LogP contribution < -0.4 is 10.6 Å². The standard InChI is InChI=1S/C14H14Cl3FN4S/c1-8-12(16)13(17)22(21-8)6-2-5-19-14(23)20-9-3-4-11(18)10(15)7-9/h3-4,7H,2,5-6H2,1H3,(H2,19,20,23). The van der Waals surface area contributed by atoms with E-state index in [4.69, 9.17) is 47.0 Å². The Morgan fingerprint density at radius 2 is 2.09 bits per heavy atom. The zero-order valence-corrected chi connectivity index (χ0v) is 15.3. The molecule has 0 unspecified atom stereocenters. The van der Waals surface area contributed by atoms with Gasteiger partial charge >= 0.3 is 0 Å². The molecule has 4 nitrogen and oxygen atoms in total. The van der Waals surface area contributed by atoms with E-state index in [1.807, 2.05) is 0 Å². The van der Waals surface area contributed by atoms with Crippen molar-refractivity contribution in [3.8, 4) is 0 Å². The summed E-state index contributed by atoms with van der Waals surface area (Å²) in [6.45, 7) is 3.04. The van der Waals surface area contributed by atoms with E-state index < -0.39 is 5.82 Å². The molecule has 124 valence electrons. The Balaban J connectivity index is 1.76. The molecule has 2 aromatic rings. The summed E-state index contributed by atoms with van der Waals surface area (Å²) in [4.78, 5) is 0. The van der Waals surface area contributed by atoms with Gasteiger partial charge in [-0.1, -0.05) is 34.8 Å². The van der Waals surface area contributed by atoms with Gasteiger partial charge in [0.1, 0.15) is 16.0 Å². The summed E-state index contributed by atoms with van der Waals surface area (Å²) >= 11 is 22.9. The first-order valence-corrected chi connectivity index (χ1v) is 8.31. The number of hydrogen-bond donors (Lipinski definition) is 2. The van der Waals surface area contributed by atoms with Crippen LogP contribution in [0, 0.1) is 12.7 Å². The lowest BCUT2D eigenvalue weighted by Gasteiger charge is -2.11. The number of rotatable bonds is 5. The molecule has 1 aromatic heterocycles. The molecule has 0 amide bonds. The van der Waals surface area contributed by atoms with E-state index >= 15 is 0 Å².